The summed E-state index contributed by atoms with van der Waals surface area (Å²) < 4.78 is 26.9. The zero-order chi connectivity index (χ0) is 20.6. The zero-order valence-electron chi connectivity index (χ0n) is 17.8. The van der Waals surface area contributed by atoms with Gasteiger partial charge >= 0.3 is 0 Å². The second-order valence-corrected chi connectivity index (χ2v) is 9.85. The molecule has 0 unspecified atom stereocenters. The fraction of sp³-hybridized carbons (Fsp3) is 0.889. The summed E-state index contributed by atoms with van der Waals surface area (Å²) in [6.07, 6.45) is 3.46. The quantitative estimate of drug-likeness (QED) is 0.215. The summed E-state index contributed by atoms with van der Waals surface area (Å²) in [6.45, 7) is 8.24. The fourth-order valence-corrected chi connectivity index (χ4v) is 4.34. The van der Waals surface area contributed by atoms with Crippen molar-refractivity contribution in [3.8, 4) is 0 Å². The van der Waals surface area contributed by atoms with E-state index in [9.17, 15) is 13.2 Å². The molecule has 1 heterocycles. The Morgan fingerprint density at radius 3 is 2.34 bits per heavy atom. The van der Waals surface area contributed by atoms with Crippen molar-refractivity contribution in [1.29, 1.82) is 0 Å². The molecule has 3 N–H and O–H groups in total. The van der Waals surface area contributed by atoms with Gasteiger partial charge in [0.2, 0.25) is 15.9 Å². The zero-order valence-corrected chi connectivity index (χ0v) is 21.0. The highest BCUT2D eigenvalue weighted by Gasteiger charge is 2.22. The number of hydrogen-bond donors (Lipinski definition) is 3. The molecule has 170 valence electrons. The molecule has 1 amide bonds. The van der Waals surface area contributed by atoms with E-state index in [-0.39, 0.29) is 41.7 Å². The minimum atomic E-state index is -3.26. The van der Waals surface area contributed by atoms with Gasteiger partial charge in [-0.1, -0.05) is 6.42 Å². The summed E-state index contributed by atoms with van der Waals surface area (Å²) >= 11 is 0. The van der Waals surface area contributed by atoms with Gasteiger partial charge in [0, 0.05) is 52.4 Å². The van der Waals surface area contributed by atoms with Gasteiger partial charge in [-0.2, -0.15) is 0 Å². The van der Waals surface area contributed by atoms with E-state index in [4.69, 9.17) is 0 Å². The van der Waals surface area contributed by atoms with Crippen LogP contribution >= 0.6 is 24.0 Å². The highest BCUT2D eigenvalue weighted by molar-refractivity contribution is 14.0. The van der Waals surface area contributed by atoms with Gasteiger partial charge in [-0.3, -0.25) is 14.7 Å². The Balaban J connectivity index is 0.00000420. The SMILES string of the molecule is CN=C(NCCS(=O)(=O)NCC1CCC1)N1CCN(CC(=O)NC(C)C)CC1.I. The van der Waals surface area contributed by atoms with Gasteiger partial charge in [0.1, 0.15) is 0 Å². The number of nitrogens with one attached hydrogen (secondary N) is 3. The average Bonchev–Trinajstić information content (AvgIpc) is 2.57. The van der Waals surface area contributed by atoms with Crippen LogP contribution in [-0.4, -0.2) is 94.7 Å². The molecule has 0 aromatic rings. The number of sulfonamides is 1. The third-order valence-corrected chi connectivity index (χ3v) is 6.52. The lowest BCUT2D eigenvalue weighted by Gasteiger charge is -2.36. The molecule has 0 atom stereocenters. The Hall–Kier alpha value is -0.660. The normalized spacial score (nSPS) is 18.9. The topological polar surface area (TPSA) is 106 Å². The molecule has 2 aliphatic rings. The first-order chi connectivity index (χ1) is 13.3. The molecule has 29 heavy (non-hydrogen) atoms. The Bertz CT molecular complexity index is 632. The lowest BCUT2D eigenvalue weighted by Crippen LogP contribution is -2.54. The molecule has 1 saturated heterocycles. The number of aliphatic imine (C=N–C) groups is 1. The number of carbonyl (C=O) groups is 1. The number of amides is 1. The molecule has 1 aliphatic heterocycles. The van der Waals surface area contributed by atoms with Crippen LogP contribution in [0.2, 0.25) is 0 Å². The van der Waals surface area contributed by atoms with Crippen LogP contribution in [0.15, 0.2) is 4.99 Å². The number of rotatable bonds is 9. The smallest absolute Gasteiger partial charge is 0.234 e. The van der Waals surface area contributed by atoms with Crippen molar-refractivity contribution >= 4 is 45.9 Å². The molecule has 11 heteroatoms. The van der Waals surface area contributed by atoms with Crippen molar-refractivity contribution in [2.45, 2.75) is 39.2 Å². The molecular weight excluding hydrogens is 507 g/mol. The van der Waals surface area contributed by atoms with Gasteiger partial charge in [0.05, 0.1) is 12.3 Å². The predicted molar refractivity (Wildman–Crippen MR) is 127 cm³/mol. The standard InChI is InChI=1S/C18H36N6O3S.HI/c1-15(2)22-17(25)14-23-8-10-24(11-9-23)18(19-3)20-7-12-28(26,27)21-13-16-5-4-6-16;/h15-16,21H,4-14H2,1-3H3,(H,19,20)(H,22,25);1H. The molecule has 0 aromatic carbocycles. The first kappa shape index (κ1) is 26.4. The van der Waals surface area contributed by atoms with Crippen LogP contribution in [0.5, 0.6) is 0 Å². The van der Waals surface area contributed by atoms with E-state index in [1.165, 1.54) is 6.42 Å². The van der Waals surface area contributed by atoms with Gasteiger partial charge in [-0.15, -0.1) is 24.0 Å². The number of halogens is 1. The van der Waals surface area contributed by atoms with Gasteiger partial charge in [-0.05, 0) is 32.6 Å². The summed E-state index contributed by atoms with van der Waals surface area (Å²) in [6, 6.07) is 0.149. The molecule has 1 aliphatic carbocycles. The van der Waals surface area contributed by atoms with E-state index in [0.717, 1.165) is 39.0 Å². The van der Waals surface area contributed by atoms with Crippen LogP contribution < -0.4 is 15.4 Å². The monoisotopic (exact) mass is 544 g/mol. The lowest BCUT2D eigenvalue weighted by molar-refractivity contribution is -0.123. The van der Waals surface area contributed by atoms with Gasteiger partial charge in [0.25, 0.3) is 0 Å². The average molecular weight is 545 g/mol. The van der Waals surface area contributed by atoms with Crippen molar-refractivity contribution in [2.24, 2.45) is 10.9 Å². The van der Waals surface area contributed by atoms with E-state index in [0.29, 0.717) is 31.5 Å². The van der Waals surface area contributed by atoms with Crippen molar-refractivity contribution in [3.63, 3.8) is 0 Å². The van der Waals surface area contributed by atoms with Crippen LogP contribution in [0.25, 0.3) is 0 Å². The minimum absolute atomic E-state index is 0. The van der Waals surface area contributed by atoms with Gasteiger partial charge < -0.3 is 15.5 Å². The van der Waals surface area contributed by atoms with Crippen LogP contribution in [0, 0.1) is 5.92 Å². The molecule has 2 fully saturated rings. The largest absolute Gasteiger partial charge is 0.355 e. The summed E-state index contributed by atoms with van der Waals surface area (Å²) in [5, 5.41) is 6.06. The number of nitrogens with zero attached hydrogens (tertiary/aromatic N) is 3. The number of piperazine rings is 1. The Labute approximate surface area is 192 Å². The molecule has 1 saturated carbocycles. The van der Waals surface area contributed by atoms with Crippen molar-refractivity contribution in [3.05, 3.63) is 0 Å². The fourth-order valence-electron chi connectivity index (χ4n) is 3.33. The van der Waals surface area contributed by atoms with Crippen LogP contribution in [0.1, 0.15) is 33.1 Å². The second kappa shape index (κ2) is 12.9. The summed E-state index contributed by atoms with van der Waals surface area (Å²) in [5.41, 5.74) is 0. The predicted octanol–water partition coefficient (Wildman–Crippen LogP) is 0.0415. The maximum absolute atomic E-state index is 12.1. The Morgan fingerprint density at radius 2 is 1.83 bits per heavy atom. The number of guanidine groups is 1. The van der Waals surface area contributed by atoms with E-state index < -0.39 is 10.0 Å². The van der Waals surface area contributed by atoms with E-state index >= 15 is 0 Å². The molecule has 0 bridgehead atoms. The summed E-state index contributed by atoms with van der Waals surface area (Å²) in [5.74, 6) is 1.30. The van der Waals surface area contributed by atoms with Crippen molar-refractivity contribution in [2.75, 3.05) is 58.6 Å². The first-order valence-electron chi connectivity index (χ1n) is 10.2. The first-order valence-corrected chi connectivity index (χ1v) is 11.9. The molecule has 0 aromatic heterocycles. The van der Waals surface area contributed by atoms with Gasteiger partial charge in [0.15, 0.2) is 5.96 Å². The third-order valence-electron chi connectivity index (χ3n) is 5.17. The highest BCUT2D eigenvalue weighted by atomic mass is 127. The van der Waals surface area contributed by atoms with E-state index in [1.54, 1.807) is 7.05 Å². The van der Waals surface area contributed by atoms with Crippen LogP contribution in [-0.2, 0) is 14.8 Å². The third kappa shape index (κ3) is 9.79. The molecule has 9 nitrogen and oxygen atoms in total. The number of hydrogen-bond acceptors (Lipinski definition) is 5. The highest BCUT2D eigenvalue weighted by Crippen LogP contribution is 2.25. The van der Waals surface area contributed by atoms with E-state index in [1.807, 2.05) is 13.8 Å². The maximum atomic E-state index is 12.1. The van der Waals surface area contributed by atoms with Crippen LogP contribution in [0.3, 0.4) is 0 Å². The Kier molecular flexibility index (Phi) is 11.7. The molecule has 0 spiro atoms. The van der Waals surface area contributed by atoms with Crippen LogP contribution in [0.4, 0.5) is 0 Å². The molecule has 0 radical (unpaired) electrons. The van der Waals surface area contributed by atoms with Crippen molar-refractivity contribution < 1.29 is 13.2 Å². The Morgan fingerprint density at radius 1 is 1.17 bits per heavy atom. The summed E-state index contributed by atoms with van der Waals surface area (Å²) in [7, 11) is -1.56. The minimum Gasteiger partial charge on any atom is -0.355 e. The van der Waals surface area contributed by atoms with E-state index in [2.05, 4.69) is 30.1 Å². The second-order valence-electron chi connectivity index (χ2n) is 7.92. The molecular formula is C18H37IN6O3S. The maximum Gasteiger partial charge on any atom is 0.234 e. The van der Waals surface area contributed by atoms with Crippen molar-refractivity contribution in [1.82, 2.24) is 25.2 Å². The van der Waals surface area contributed by atoms with Gasteiger partial charge in [-0.25, -0.2) is 13.1 Å². The molecule has 2 rings (SSSR count). The lowest BCUT2D eigenvalue weighted by atomic mass is 9.86. The summed E-state index contributed by atoms with van der Waals surface area (Å²) in [4.78, 5) is 20.4. The number of carbonyl (C=O) groups excluding carboxylic acids is 1.